The van der Waals surface area contributed by atoms with E-state index in [-0.39, 0.29) is 0 Å². The number of methoxy groups -OCH3 is 3. The molecule has 0 saturated heterocycles. The number of hydrogen-bond acceptors (Lipinski definition) is 6. The highest BCUT2D eigenvalue weighted by Gasteiger charge is 2.24. The van der Waals surface area contributed by atoms with Gasteiger partial charge in [-0.25, -0.2) is 4.79 Å². The average molecular weight is 443 g/mol. The van der Waals surface area contributed by atoms with E-state index < -0.39 is 5.97 Å². The molecule has 0 saturated carbocycles. The van der Waals surface area contributed by atoms with Crippen LogP contribution < -0.4 is 20.1 Å². The number of nitrogens with one attached hydrogen (secondary N) is 2. The molecule has 0 fully saturated rings. The van der Waals surface area contributed by atoms with Crippen LogP contribution in [0.1, 0.15) is 15.2 Å². The third-order valence-electron chi connectivity index (χ3n) is 4.40. The Balaban J connectivity index is 1.89. The number of benzene rings is 2. The van der Waals surface area contributed by atoms with Crippen LogP contribution in [-0.4, -0.2) is 32.4 Å². The van der Waals surface area contributed by atoms with Crippen molar-refractivity contribution in [2.24, 2.45) is 0 Å². The molecule has 0 spiro atoms. The maximum atomic E-state index is 12.6. The Labute approximate surface area is 184 Å². The second-order valence-corrected chi connectivity index (χ2v) is 7.88. The van der Waals surface area contributed by atoms with E-state index in [0.29, 0.717) is 27.2 Å². The van der Waals surface area contributed by atoms with E-state index in [9.17, 15) is 4.79 Å². The van der Waals surface area contributed by atoms with Crippen LogP contribution in [0.15, 0.2) is 48.5 Å². The predicted molar refractivity (Wildman–Crippen MR) is 125 cm³/mol. The topological polar surface area (TPSA) is 68.8 Å². The van der Waals surface area contributed by atoms with Crippen molar-refractivity contribution in [2.75, 3.05) is 32.0 Å². The van der Waals surface area contributed by atoms with Gasteiger partial charge in [-0.3, -0.25) is 0 Å². The summed E-state index contributed by atoms with van der Waals surface area (Å²) in [6, 6.07) is 15.1. The Morgan fingerprint density at radius 1 is 0.967 bits per heavy atom. The summed E-state index contributed by atoms with van der Waals surface area (Å²) in [6.45, 7) is 1.97. The molecule has 0 aliphatic heterocycles. The first-order valence-electron chi connectivity index (χ1n) is 9.05. The van der Waals surface area contributed by atoms with Crippen LogP contribution in [0.25, 0.3) is 11.1 Å². The van der Waals surface area contributed by atoms with Crippen molar-refractivity contribution in [1.82, 2.24) is 0 Å². The van der Waals surface area contributed by atoms with Gasteiger partial charge in [0.15, 0.2) is 16.6 Å². The van der Waals surface area contributed by atoms with E-state index in [1.165, 1.54) is 18.4 Å². The molecule has 6 nitrogen and oxygen atoms in total. The third kappa shape index (κ3) is 4.55. The molecule has 2 aromatic carbocycles. The standard InChI is InChI=1S/C22H22N2O4S2/c1-13-18(14-8-6-5-7-9-14)19(21(25)28-4)20(30-13)24-22(29)23-15-10-11-16(26-2)17(12-15)27-3/h5-12H,1-4H3,(H2,23,24,29). The first-order chi connectivity index (χ1) is 14.5. The number of carbonyl (C=O) groups excluding carboxylic acids is 1. The smallest absolute Gasteiger partial charge is 0.341 e. The number of anilines is 2. The highest BCUT2D eigenvalue weighted by Crippen LogP contribution is 2.40. The normalized spacial score (nSPS) is 10.3. The lowest BCUT2D eigenvalue weighted by Gasteiger charge is -2.13. The van der Waals surface area contributed by atoms with E-state index in [2.05, 4.69) is 10.6 Å². The Morgan fingerprint density at radius 3 is 2.30 bits per heavy atom. The van der Waals surface area contributed by atoms with Crippen molar-refractivity contribution >= 4 is 45.3 Å². The molecule has 1 aromatic heterocycles. The van der Waals surface area contributed by atoms with Crippen LogP contribution in [0, 0.1) is 6.92 Å². The number of hydrogen-bond donors (Lipinski definition) is 2. The lowest BCUT2D eigenvalue weighted by atomic mass is 10.0. The molecule has 30 heavy (non-hydrogen) atoms. The Hall–Kier alpha value is -3.10. The second kappa shape index (κ2) is 9.60. The lowest BCUT2D eigenvalue weighted by molar-refractivity contribution is 0.0603. The fraction of sp³-hybridized carbons (Fsp3) is 0.182. The van der Waals surface area contributed by atoms with E-state index in [1.54, 1.807) is 26.4 Å². The zero-order chi connectivity index (χ0) is 21.7. The molecule has 0 aliphatic carbocycles. The van der Waals surface area contributed by atoms with Crippen LogP contribution in [0.3, 0.4) is 0 Å². The molecule has 0 atom stereocenters. The summed E-state index contributed by atoms with van der Waals surface area (Å²) in [5.41, 5.74) is 2.96. The lowest BCUT2D eigenvalue weighted by Crippen LogP contribution is -2.20. The molecule has 2 N–H and O–H groups in total. The molecular weight excluding hydrogens is 420 g/mol. The van der Waals surface area contributed by atoms with Crippen LogP contribution in [-0.2, 0) is 4.74 Å². The number of esters is 1. The van der Waals surface area contributed by atoms with Gasteiger partial charge in [-0.1, -0.05) is 30.3 Å². The molecule has 3 rings (SSSR count). The monoisotopic (exact) mass is 442 g/mol. The van der Waals surface area contributed by atoms with E-state index in [4.69, 9.17) is 26.4 Å². The first kappa shape index (κ1) is 21.6. The molecule has 0 unspecified atom stereocenters. The third-order valence-corrected chi connectivity index (χ3v) is 5.63. The molecule has 0 amide bonds. The number of thiophene rings is 1. The van der Waals surface area contributed by atoms with E-state index in [1.807, 2.05) is 43.3 Å². The van der Waals surface area contributed by atoms with Gasteiger partial charge in [0.1, 0.15) is 10.6 Å². The minimum Gasteiger partial charge on any atom is -0.493 e. The summed E-state index contributed by atoms with van der Waals surface area (Å²) < 4.78 is 15.6. The van der Waals surface area contributed by atoms with E-state index in [0.717, 1.165) is 21.7 Å². The van der Waals surface area contributed by atoms with Crippen LogP contribution in [0.2, 0.25) is 0 Å². The molecule has 0 radical (unpaired) electrons. The van der Waals surface area contributed by atoms with Crippen molar-refractivity contribution in [1.29, 1.82) is 0 Å². The Bertz CT molecular complexity index is 1060. The van der Waals surface area contributed by atoms with Gasteiger partial charge in [-0.05, 0) is 36.8 Å². The zero-order valence-electron chi connectivity index (χ0n) is 17.1. The van der Waals surface area contributed by atoms with Crippen molar-refractivity contribution in [3.8, 4) is 22.6 Å². The van der Waals surface area contributed by atoms with Crippen LogP contribution in [0.4, 0.5) is 10.7 Å². The van der Waals surface area contributed by atoms with Crippen LogP contribution in [0.5, 0.6) is 11.5 Å². The van der Waals surface area contributed by atoms with Crippen molar-refractivity contribution in [3.63, 3.8) is 0 Å². The van der Waals surface area contributed by atoms with Gasteiger partial charge in [-0.2, -0.15) is 0 Å². The summed E-state index contributed by atoms with van der Waals surface area (Å²) in [4.78, 5) is 13.6. The first-order valence-corrected chi connectivity index (χ1v) is 10.3. The van der Waals surface area contributed by atoms with Crippen LogP contribution >= 0.6 is 23.6 Å². The summed E-state index contributed by atoms with van der Waals surface area (Å²) in [7, 11) is 4.52. The summed E-state index contributed by atoms with van der Waals surface area (Å²) in [5, 5.41) is 7.21. The SMILES string of the molecule is COC(=O)c1c(NC(=S)Nc2ccc(OC)c(OC)c2)sc(C)c1-c1ccccc1. The van der Waals surface area contributed by atoms with Crippen molar-refractivity contribution < 1.29 is 19.0 Å². The fourth-order valence-electron chi connectivity index (χ4n) is 3.06. The number of thiocarbonyl (C=S) groups is 1. The van der Waals surface area contributed by atoms with Gasteiger partial charge < -0.3 is 24.8 Å². The van der Waals surface area contributed by atoms with Crippen molar-refractivity contribution in [3.05, 3.63) is 59.0 Å². The largest absolute Gasteiger partial charge is 0.493 e. The van der Waals surface area contributed by atoms with Gasteiger partial charge in [0.05, 0.1) is 21.3 Å². The Kier molecular flexibility index (Phi) is 6.91. The van der Waals surface area contributed by atoms with Crippen molar-refractivity contribution in [2.45, 2.75) is 6.92 Å². The second-order valence-electron chi connectivity index (χ2n) is 6.24. The molecule has 1 heterocycles. The molecular formula is C22H22N2O4S2. The summed E-state index contributed by atoms with van der Waals surface area (Å²) in [5.74, 6) is 0.782. The number of rotatable bonds is 6. The highest BCUT2D eigenvalue weighted by molar-refractivity contribution is 7.80. The maximum absolute atomic E-state index is 12.6. The summed E-state index contributed by atoms with van der Waals surface area (Å²) >= 11 is 6.92. The molecule has 8 heteroatoms. The van der Waals surface area contributed by atoms with Gasteiger partial charge in [0, 0.05) is 22.2 Å². The van der Waals surface area contributed by atoms with Gasteiger partial charge in [0.2, 0.25) is 0 Å². The minimum atomic E-state index is -0.422. The number of carbonyl (C=O) groups is 1. The van der Waals surface area contributed by atoms with Gasteiger partial charge in [-0.15, -0.1) is 11.3 Å². The number of aryl methyl sites for hydroxylation is 1. The molecule has 0 aliphatic rings. The Morgan fingerprint density at radius 2 is 1.67 bits per heavy atom. The summed E-state index contributed by atoms with van der Waals surface area (Å²) in [6.07, 6.45) is 0. The number of ether oxygens (including phenoxy) is 3. The zero-order valence-corrected chi connectivity index (χ0v) is 18.7. The fourth-order valence-corrected chi connectivity index (χ4v) is 4.41. The highest BCUT2D eigenvalue weighted by atomic mass is 32.1. The maximum Gasteiger partial charge on any atom is 0.341 e. The van der Waals surface area contributed by atoms with Gasteiger partial charge in [0.25, 0.3) is 0 Å². The molecule has 0 bridgehead atoms. The average Bonchev–Trinajstić information content (AvgIpc) is 3.08. The predicted octanol–water partition coefficient (Wildman–Crippen LogP) is 5.34. The minimum absolute atomic E-state index is 0.341. The quantitative estimate of drug-likeness (QED) is 0.395. The van der Waals surface area contributed by atoms with E-state index >= 15 is 0 Å². The van der Waals surface area contributed by atoms with Gasteiger partial charge >= 0.3 is 5.97 Å². The molecule has 3 aromatic rings. The molecule has 156 valence electrons.